The Bertz CT molecular complexity index is 1130. The highest BCUT2D eigenvalue weighted by Crippen LogP contribution is 2.23. The molecule has 2 aromatic carbocycles. The number of aromatic nitrogens is 1. The first-order chi connectivity index (χ1) is 13.8. The van der Waals surface area contributed by atoms with Gasteiger partial charge in [0.05, 0.1) is 17.3 Å². The van der Waals surface area contributed by atoms with Crippen LogP contribution < -0.4 is 5.43 Å². The molecule has 2 N–H and O–H groups in total. The van der Waals surface area contributed by atoms with Crippen molar-refractivity contribution in [2.45, 2.75) is 20.8 Å². The molecule has 0 aliphatic heterocycles. The highest BCUT2D eigenvalue weighted by Gasteiger charge is 2.13. The van der Waals surface area contributed by atoms with E-state index in [1.807, 2.05) is 37.5 Å². The van der Waals surface area contributed by atoms with Gasteiger partial charge in [0.25, 0.3) is 5.91 Å². The fourth-order valence-corrected chi connectivity index (χ4v) is 3.66. The quantitative estimate of drug-likeness (QED) is 0.436. The number of nitrogens with one attached hydrogen (secondary N) is 1. The minimum absolute atomic E-state index is 0.255. The summed E-state index contributed by atoms with van der Waals surface area (Å²) < 4.78 is 2.74. The second-order valence-electron chi connectivity index (χ2n) is 6.65. The lowest BCUT2D eigenvalue weighted by molar-refractivity contribution is 0.0696. The number of aryl methyl sites for hydroxylation is 2. The Hall–Kier alpha value is -3.19. The predicted molar refractivity (Wildman–Crippen MR) is 116 cm³/mol. The van der Waals surface area contributed by atoms with Crippen LogP contribution in [-0.2, 0) is 0 Å². The molecular formula is C22H20BrN3O3. The van der Waals surface area contributed by atoms with Crippen LogP contribution in [0.2, 0.25) is 0 Å². The molecule has 0 unspecified atom stereocenters. The number of amides is 1. The van der Waals surface area contributed by atoms with E-state index in [0.29, 0.717) is 10.0 Å². The van der Waals surface area contributed by atoms with Crippen LogP contribution in [0.4, 0.5) is 0 Å². The maximum atomic E-state index is 12.3. The number of nitrogens with zero attached hydrogens (tertiary/aromatic N) is 2. The summed E-state index contributed by atoms with van der Waals surface area (Å²) in [6, 6.07) is 14.1. The van der Waals surface area contributed by atoms with Crippen LogP contribution in [0, 0.1) is 20.8 Å². The number of hydrogen-bond acceptors (Lipinski definition) is 3. The molecule has 1 heterocycles. The minimum atomic E-state index is -0.950. The largest absolute Gasteiger partial charge is 0.478 e. The van der Waals surface area contributed by atoms with E-state index in [-0.39, 0.29) is 11.5 Å². The minimum Gasteiger partial charge on any atom is -0.478 e. The summed E-state index contributed by atoms with van der Waals surface area (Å²) >= 11 is 3.35. The predicted octanol–water partition coefficient (Wildman–Crippen LogP) is 4.63. The summed E-state index contributed by atoms with van der Waals surface area (Å²) in [5, 5.41) is 13.3. The third-order valence-corrected chi connectivity index (χ3v) is 5.33. The van der Waals surface area contributed by atoms with Crippen LogP contribution in [0.3, 0.4) is 0 Å². The first kappa shape index (κ1) is 20.5. The van der Waals surface area contributed by atoms with Gasteiger partial charge < -0.3 is 9.67 Å². The average molecular weight is 454 g/mol. The first-order valence-electron chi connectivity index (χ1n) is 8.90. The van der Waals surface area contributed by atoms with Crippen LogP contribution in [0.1, 0.15) is 43.2 Å². The zero-order valence-electron chi connectivity index (χ0n) is 16.2. The average Bonchev–Trinajstić information content (AvgIpc) is 2.95. The molecule has 0 saturated heterocycles. The number of rotatable bonds is 5. The summed E-state index contributed by atoms with van der Waals surface area (Å²) in [5.41, 5.74) is 7.84. The van der Waals surface area contributed by atoms with Gasteiger partial charge in [-0.1, -0.05) is 12.1 Å². The molecule has 1 aromatic heterocycles. The summed E-state index contributed by atoms with van der Waals surface area (Å²) in [5.74, 6) is -1.25. The number of hydrazone groups is 1. The monoisotopic (exact) mass is 453 g/mol. The van der Waals surface area contributed by atoms with Crippen molar-refractivity contribution in [1.82, 2.24) is 9.99 Å². The van der Waals surface area contributed by atoms with Crippen molar-refractivity contribution in [2.24, 2.45) is 5.10 Å². The zero-order valence-corrected chi connectivity index (χ0v) is 17.8. The van der Waals surface area contributed by atoms with Crippen molar-refractivity contribution in [3.8, 4) is 5.69 Å². The molecule has 0 aliphatic rings. The first-order valence-corrected chi connectivity index (χ1v) is 9.70. The van der Waals surface area contributed by atoms with E-state index < -0.39 is 5.97 Å². The van der Waals surface area contributed by atoms with Gasteiger partial charge >= 0.3 is 5.97 Å². The molecular weight excluding hydrogens is 434 g/mol. The molecule has 0 fully saturated rings. The highest BCUT2D eigenvalue weighted by molar-refractivity contribution is 9.10. The number of carboxylic acid groups (broad SMARTS) is 1. The van der Waals surface area contributed by atoms with E-state index in [2.05, 4.69) is 26.5 Å². The van der Waals surface area contributed by atoms with Gasteiger partial charge in [0.1, 0.15) is 0 Å². The van der Waals surface area contributed by atoms with Crippen LogP contribution in [0.5, 0.6) is 0 Å². The Morgan fingerprint density at radius 2 is 1.83 bits per heavy atom. The normalized spacial score (nSPS) is 11.0. The third kappa shape index (κ3) is 4.30. The Kier molecular flexibility index (Phi) is 5.98. The van der Waals surface area contributed by atoms with Crippen LogP contribution in [0.15, 0.2) is 58.1 Å². The summed E-state index contributed by atoms with van der Waals surface area (Å²) in [4.78, 5) is 23.4. The lowest BCUT2D eigenvalue weighted by Crippen LogP contribution is -2.18. The van der Waals surface area contributed by atoms with Crippen LogP contribution >= 0.6 is 15.9 Å². The summed E-state index contributed by atoms with van der Waals surface area (Å²) in [7, 11) is 0. The maximum absolute atomic E-state index is 12.3. The fraction of sp³-hybridized carbons (Fsp3) is 0.136. The number of aromatic carboxylic acids is 1. The molecule has 0 spiro atoms. The zero-order chi connectivity index (χ0) is 21.1. The van der Waals surface area contributed by atoms with Crippen molar-refractivity contribution in [3.63, 3.8) is 0 Å². The maximum Gasteiger partial charge on any atom is 0.335 e. The third-order valence-electron chi connectivity index (χ3n) is 4.64. The Balaban J connectivity index is 1.85. The summed E-state index contributed by atoms with van der Waals surface area (Å²) in [6.45, 7) is 5.80. The number of carbonyl (C=O) groups excluding carboxylic acids is 1. The van der Waals surface area contributed by atoms with Gasteiger partial charge in [-0.05, 0) is 78.7 Å². The van der Waals surface area contributed by atoms with Crippen molar-refractivity contribution < 1.29 is 14.7 Å². The molecule has 3 aromatic rings. The van der Waals surface area contributed by atoms with Crippen LogP contribution in [0.25, 0.3) is 5.69 Å². The number of halogens is 1. The molecule has 1 amide bonds. The SMILES string of the molecule is Cc1cc(C(=O)O)ccc1-n1c(C)cc(C=NNC(=O)c2ccccc2Br)c1C. The second-order valence-corrected chi connectivity index (χ2v) is 7.50. The Labute approximate surface area is 177 Å². The molecule has 148 valence electrons. The van der Waals surface area contributed by atoms with E-state index in [4.69, 9.17) is 5.11 Å². The van der Waals surface area contributed by atoms with Gasteiger partial charge in [-0.15, -0.1) is 0 Å². The number of benzene rings is 2. The van der Waals surface area contributed by atoms with Gasteiger partial charge in [0.2, 0.25) is 0 Å². The standard InChI is InChI=1S/C22H20BrN3O3/c1-13-10-16(22(28)29)8-9-20(13)26-14(2)11-17(15(26)3)12-24-25-21(27)18-6-4-5-7-19(18)23/h4-12H,1-3H3,(H,25,27)(H,28,29). The number of carboxylic acids is 1. The molecule has 0 saturated carbocycles. The molecule has 29 heavy (non-hydrogen) atoms. The molecule has 6 nitrogen and oxygen atoms in total. The second kappa shape index (κ2) is 8.45. The topological polar surface area (TPSA) is 83.7 Å². The highest BCUT2D eigenvalue weighted by atomic mass is 79.9. The van der Waals surface area contributed by atoms with E-state index in [1.54, 1.807) is 42.6 Å². The number of carbonyl (C=O) groups is 2. The van der Waals surface area contributed by atoms with Crippen molar-refractivity contribution in [3.05, 3.63) is 86.6 Å². The molecule has 0 radical (unpaired) electrons. The summed E-state index contributed by atoms with van der Waals surface area (Å²) in [6.07, 6.45) is 1.61. The van der Waals surface area contributed by atoms with E-state index in [1.165, 1.54) is 0 Å². The molecule has 0 atom stereocenters. The smallest absolute Gasteiger partial charge is 0.335 e. The fourth-order valence-electron chi connectivity index (χ4n) is 3.19. The number of hydrogen-bond donors (Lipinski definition) is 2. The van der Waals surface area contributed by atoms with Gasteiger partial charge in [0.15, 0.2) is 0 Å². The Morgan fingerprint density at radius 1 is 1.10 bits per heavy atom. The van der Waals surface area contributed by atoms with Crippen molar-refractivity contribution >= 4 is 34.0 Å². The van der Waals surface area contributed by atoms with Gasteiger partial charge in [0, 0.05) is 27.1 Å². The van der Waals surface area contributed by atoms with Gasteiger partial charge in [-0.2, -0.15) is 5.10 Å². The molecule has 0 bridgehead atoms. The van der Waals surface area contributed by atoms with E-state index in [9.17, 15) is 9.59 Å². The van der Waals surface area contributed by atoms with Gasteiger partial charge in [-0.3, -0.25) is 4.79 Å². The lowest BCUT2D eigenvalue weighted by Gasteiger charge is -2.13. The molecule has 7 heteroatoms. The van der Waals surface area contributed by atoms with Crippen molar-refractivity contribution in [2.75, 3.05) is 0 Å². The van der Waals surface area contributed by atoms with Gasteiger partial charge in [-0.25, -0.2) is 10.2 Å². The Morgan fingerprint density at radius 3 is 2.48 bits per heavy atom. The van der Waals surface area contributed by atoms with E-state index in [0.717, 1.165) is 28.2 Å². The molecule has 0 aliphatic carbocycles. The lowest BCUT2D eigenvalue weighted by atomic mass is 10.1. The van der Waals surface area contributed by atoms with Crippen LogP contribution in [-0.4, -0.2) is 27.8 Å². The van der Waals surface area contributed by atoms with E-state index >= 15 is 0 Å². The molecule has 3 rings (SSSR count). The van der Waals surface area contributed by atoms with Crippen molar-refractivity contribution in [1.29, 1.82) is 0 Å².